The van der Waals surface area contributed by atoms with Crippen molar-refractivity contribution in [1.82, 2.24) is 10.2 Å². The molecule has 1 aromatic rings. The average molecular weight is 390 g/mol. The monoisotopic (exact) mass is 390 g/mol. The van der Waals surface area contributed by atoms with E-state index in [4.69, 9.17) is 0 Å². The van der Waals surface area contributed by atoms with E-state index in [0.29, 0.717) is 29.1 Å². The smallest absolute Gasteiger partial charge is 0.340 e. The summed E-state index contributed by atoms with van der Waals surface area (Å²) in [6, 6.07) is 5.27. The van der Waals surface area contributed by atoms with Crippen LogP contribution in [-0.2, 0) is 16.4 Å². The molecule has 0 fully saturated rings. The summed E-state index contributed by atoms with van der Waals surface area (Å²) in [5, 5.41) is 11.5. The molecule has 8 heteroatoms. The number of benzene rings is 1. The first kappa shape index (κ1) is 18.7. The number of carbonyl (C=O) groups excluding carboxylic acids is 1. The fourth-order valence-corrected chi connectivity index (χ4v) is 4.51. The first-order valence-electron chi connectivity index (χ1n) is 9.14. The highest BCUT2D eigenvalue weighted by atomic mass is 19.4. The van der Waals surface area contributed by atoms with E-state index in [1.165, 1.54) is 6.07 Å². The van der Waals surface area contributed by atoms with Crippen LogP contribution in [0.25, 0.3) is 0 Å². The zero-order valence-electron chi connectivity index (χ0n) is 16.1. The Morgan fingerprint density at radius 3 is 2.64 bits per heavy atom. The van der Waals surface area contributed by atoms with E-state index < -0.39 is 22.7 Å². The molecule has 3 aliphatic rings. The van der Waals surface area contributed by atoms with Gasteiger partial charge in [-0.05, 0) is 31.9 Å². The SMILES string of the molecule is CCC1(c2cccc(C(F)(F)F)c2)C2=C(N=NC2)NC2=C1C(=O)N(C)C2(C)C. The van der Waals surface area contributed by atoms with Crippen molar-refractivity contribution in [3.8, 4) is 0 Å². The van der Waals surface area contributed by atoms with Crippen LogP contribution in [0.15, 0.2) is 57.2 Å². The molecule has 3 aliphatic heterocycles. The number of hydrogen-bond acceptors (Lipinski definition) is 4. The van der Waals surface area contributed by atoms with Gasteiger partial charge in [-0.15, -0.1) is 5.11 Å². The number of carbonyl (C=O) groups is 1. The third-order valence-corrected chi connectivity index (χ3v) is 6.30. The van der Waals surface area contributed by atoms with Gasteiger partial charge in [0.1, 0.15) is 0 Å². The molecule has 5 nitrogen and oxygen atoms in total. The van der Waals surface area contributed by atoms with Crippen molar-refractivity contribution in [2.75, 3.05) is 13.6 Å². The van der Waals surface area contributed by atoms with Crippen molar-refractivity contribution in [1.29, 1.82) is 0 Å². The van der Waals surface area contributed by atoms with Crippen LogP contribution in [0.1, 0.15) is 38.3 Å². The van der Waals surface area contributed by atoms with E-state index in [0.717, 1.165) is 17.7 Å². The Morgan fingerprint density at radius 1 is 1.29 bits per heavy atom. The van der Waals surface area contributed by atoms with Crippen molar-refractivity contribution in [3.63, 3.8) is 0 Å². The second kappa shape index (κ2) is 5.68. The van der Waals surface area contributed by atoms with E-state index in [-0.39, 0.29) is 12.5 Å². The lowest BCUT2D eigenvalue weighted by atomic mass is 9.64. The Bertz CT molecular complexity index is 974. The van der Waals surface area contributed by atoms with E-state index in [9.17, 15) is 18.0 Å². The molecule has 0 spiro atoms. The lowest BCUT2D eigenvalue weighted by molar-refractivity contribution is -0.137. The highest BCUT2D eigenvalue weighted by Gasteiger charge is 2.57. The summed E-state index contributed by atoms with van der Waals surface area (Å²) in [6.07, 6.45) is -4.04. The fourth-order valence-electron chi connectivity index (χ4n) is 4.51. The van der Waals surface area contributed by atoms with Crippen LogP contribution in [0.2, 0.25) is 0 Å². The highest BCUT2D eigenvalue weighted by Crippen LogP contribution is 2.54. The molecule has 0 bridgehead atoms. The molecular formula is C20H21F3N4O. The van der Waals surface area contributed by atoms with Gasteiger partial charge in [0.2, 0.25) is 0 Å². The molecular weight excluding hydrogens is 369 g/mol. The number of nitrogens with zero attached hydrogens (tertiary/aromatic N) is 3. The van der Waals surface area contributed by atoms with Gasteiger partial charge in [0.05, 0.1) is 34.3 Å². The molecule has 1 unspecified atom stereocenters. The lowest BCUT2D eigenvalue weighted by Gasteiger charge is -2.40. The van der Waals surface area contributed by atoms with Gasteiger partial charge in [0.15, 0.2) is 5.82 Å². The third kappa shape index (κ3) is 2.23. The molecule has 0 aromatic heterocycles. The highest BCUT2D eigenvalue weighted by molar-refractivity contribution is 6.02. The summed E-state index contributed by atoms with van der Waals surface area (Å²) >= 11 is 0. The lowest BCUT2D eigenvalue weighted by Crippen LogP contribution is -2.43. The van der Waals surface area contributed by atoms with Crippen LogP contribution in [0.5, 0.6) is 0 Å². The molecule has 4 rings (SSSR count). The minimum atomic E-state index is -4.47. The molecule has 148 valence electrons. The molecule has 0 saturated carbocycles. The summed E-state index contributed by atoms with van der Waals surface area (Å²) in [5.41, 5.74) is -0.00631. The summed E-state index contributed by atoms with van der Waals surface area (Å²) < 4.78 is 40.2. The van der Waals surface area contributed by atoms with E-state index in [1.54, 1.807) is 18.0 Å². The quantitative estimate of drug-likeness (QED) is 0.825. The van der Waals surface area contributed by atoms with Crippen LogP contribution in [0, 0.1) is 0 Å². The summed E-state index contributed by atoms with van der Waals surface area (Å²) in [4.78, 5) is 14.9. The molecule has 28 heavy (non-hydrogen) atoms. The number of likely N-dealkylation sites (N-methyl/N-ethyl adjacent to an activating group) is 1. The number of alkyl halides is 3. The molecule has 3 heterocycles. The molecule has 0 saturated heterocycles. The van der Waals surface area contributed by atoms with Gasteiger partial charge < -0.3 is 10.2 Å². The Morgan fingerprint density at radius 2 is 2.00 bits per heavy atom. The van der Waals surface area contributed by atoms with Crippen LogP contribution in [0.3, 0.4) is 0 Å². The van der Waals surface area contributed by atoms with Gasteiger partial charge in [-0.3, -0.25) is 4.79 Å². The molecule has 1 aromatic carbocycles. The Hall–Kier alpha value is -2.64. The summed E-state index contributed by atoms with van der Waals surface area (Å²) in [7, 11) is 1.71. The summed E-state index contributed by atoms with van der Waals surface area (Å²) in [6.45, 7) is 5.95. The van der Waals surface area contributed by atoms with E-state index in [2.05, 4.69) is 15.5 Å². The number of nitrogens with one attached hydrogen (secondary N) is 1. The fraction of sp³-hybridized carbons (Fsp3) is 0.450. The number of hydrogen-bond donors (Lipinski definition) is 1. The second-order valence-electron chi connectivity index (χ2n) is 7.86. The Balaban J connectivity index is 2.03. The van der Waals surface area contributed by atoms with Crippen molar-refractivity contribution < 1.29 is 18.0 Å². The van der Waals surface area contributed by atoms with Gasteiger partial charge in [-0.2, -0.15) is 18.3 Å². The Labute approximate surface area is 161 Å². The zero-order chi connectivity index (χ0) is 20.5. The van der Waals surface area contributed by atoms with E-state index >= 15 is 0 Å². The average Bonchev–Trinajstić information content (AvgIpc) is 3.19. The largest absolute Gasteiger partial charge is 0.416 e. The third-order valence-electron chi connectivity index (χ3n) is 6.30. The van der Waals surface area contributed by atoms with Crippen molar-refractivity contribution in [3.05, 3.63) is 58.1 Å². The van der Waals surface area contributed by atoms with Crippen molar-refractivity contribution in [2.45, 2.75) is 44.3 Å². The van der Waals surface area contributed by atoms with Crippen molar-refractivity contribution in [2.24, 2.45) is 10.2 Å². The number of dihydropyridines is 1. The van der Waals surface area contributed by atoms with Crippen molar-refractivity contribution >= 4 is 5.91 Å². The standard InChI is InChI=1S/C20H21F3N4O/c1-5-19(11-7-6-8-12(9-11)20(21,22)23)13-10-24-26-16(13)25-15-14(19)17(28)27(4)18(15,2)3/h6-9,25H,5,10H2,1-4H3. The van der Waals surface area contributed by atoms with Gasteiger partial charge in [0.25, 0.3) is 5.91 Å². The topological polar surface area (TPSA) is 57.1 Å². The number of azo groups is 1. The number of halogens is 3. The minimum Gasteiger partial charge on any atom is -0.340 e. The van der Waals surface area contributed by atoms with Gasteiger partial charge in [-0.25, -0.2) is 0 Å². The van der Waals surface area contributed by atoms with Gasteiger partial charge >= 0.3 is 6.18 Å². The first-order chi connectivity index (χ1) is 13.0. The maximum absolute atomic E-state index is 13.4. The molecule has 1 atom stereocenters. The first-order valence-corrected chi connectivity index (χ1v) is 9.14. The number of rotatable bonds is 2. The predicted octanol–water partition coefficient (Wildman–Crippen LogP) is 4.14. The van der Waals surface area contributed by atoms with Crippen LogP contribution in [-0.4, -0.2) is 29.9 Å². The number of amides is 1. The molecule has 1 amide bonds. The molecule has 0 radical (unpaired) electrons. The maximum Gasteiger partial charge on any atom is 0.416 e. The summed E-state index contributed by atoms with van der Waals surface area (Å²) in [5.74, 6) is 0.347. The normalized spacial score (nSPS) is 26.0. The molecule has 0 aliphatic carbocycles. The van der Waals surface area contributed by atoms with E-state index in [1.807, 2.05) is 20.8 Å². The van der Waals surface area contributed by atoms with Crippen LogP contribution < -0.4 is 5.32 Å². The second-order valence-corrected chi connectivity index (χ2v) is 7.86. The predicted molar refractivity (Wildman–Crippen MR) is 97.2 cm³/mol. The van der Waals surface area contributed by atoms with Crippen LogP contribution in [0.4, 0.5) is 13.2 Å². The minimum absolute atomic E-state index is 0.190. The zero-order valence-corrected chi connectivity index (χ0v) is 16.1. The Kier molecular flexibility index (Phi) is 3.80. The van der Waals surface area contributed by atoms with Crippen LogP contribution >= 0.6 is 0 Å². The van der Waals surface area contributed by atoms with Gasteiger partial charge in [-0.1, -0.05) is 25.1 Å². The molecule has 1 N–H and O–H groups in total. The maximum atomic E-state index is 13.4. The van der Waals surface area contributed by atoms with Gasteiger partial charge in [0, 0.05) is 12.6 Å².